The van der Waals surface area contributed by atoms with Crippen LogP contribution in [0.5, 0.6) is 0 Å². The lowest BCUT2D eigenvalue weighted by molar-refractivity contribution is -0.136. The molecule has 3 aliphatic rings. The van der Waals surface area contributed by atoms with Crippen LogP contribution in [0.1, 0.15) is 56.1 Å². The lowest BCUT2D eigenvalue weighted by Gasteiger charge is -2.28. The van der Waals surface area contributed by atoms with E-state index in [1.54, 1.807) is 16.7 Å². The second kappa shape index (κ2) is 10.3. The molecule has 4 atom stereocenters. The summed E-state index contributed by atoms with van der Waals surface area (Å²) < 4.78 is 0. The number of nitrogens with one attached hydrogen (secondary N) is 1. The number of amides is 1. The van der Waals surface area contributed by atoms with Crippen LogP contribution in [0.2, 0.25) is 0 Å². The van der Waals surface area contributed by atoms with Crippen molar-refractivity contribution in [3.05, 3.63) is 35.4 Å². The monoisotopic (exact) mass is 430 g/mol. The van der Waals surface area contributed by atoms with Crippen molar-refractivity contribution in [2.75, 3.05) is 19.0 Å². The summed E-state index contributed by atoms with van der Waals surface area (Å²) in [5.41, 5.74) is 3.01. The fourth-order valence-corrected chi connectivity index (χ4v) is 6.48. The smallest absolute Gasteiger partial charge is 0.241 e. The maximum atomic E-state index is 13.0. The zero-order chi connectivity index (χ0) is 20.9. The van der Waals surface area contributed by atoms with E-state index in [0.29, 0.717) is 18.8 Å². The molecule has 5 nitrogen and oxygen atoms in total. The Bertz CT molecular complexity index is 756. The molecule has 6 heteroatoms. The van der Waals surface area contributed by atoms with Crippen molar-refractivity contribution in [2.24, 2.45) is 5.92 Å². The van der Waals surface area contributed by atoms with Gasteiger partial charge in [0.05, 0.1) is 17.9 Å². The average Bonchev–Trinajstić information content (AvgIpc) is 3.45. The number of rotatable bonds is 8. The summed E-state index contributed by atoms with van der Waals surface area (Å²) in [7, 11) is 0. The van der Waals surface area contributed by atoms with Crippen LogP contribution in [0, 0.1) is 5.92 Å². The number of benzene rings is 1. The van der Waals surface area contributed by atoms with Crippen LogP contribution in [-0.2, 0) is 22.4 Å². The number of likely N-dealkylation sites (tertiary alicyclic amines) is 1. The van der Waals surface area contributed by atoms with Crippen LogP contribution in [-0.4, -0.2) is 58.1 Å². The van der Waals surface area contributed by atoms with Gasteiger partial charge in [0.2, 0.25) is 5.91 Å². The van der Waals surface area contributed by atoms with Crippen molar-refractivity contribution >= 4 is 23.5 Å². The van der Waals surface area contributed by atoms with E-state index in [2.05, 4.69) is 29.6 Å². The van der Waals surface area contributed by atoms with Crippen LogP contribution in [0.15, 0.2) is 24.3 Å². The molecular formula is C24H34N2O3S. The molecule has 1 unspecified atom stereocenters. The number of fused-ring (bicyclic) bond motifs is 1. The van der Waals surface area contributed by atoms with E-state index in [9.17, 15) is 14.7 Å². The minimum atomic E-state index is -0.426. The Balaban J connectivity index is 1.21. The summed E-state index contributed by atoms with van der Waals surface area (Å²) in [4.78, 5) is 27.6. The SMILES string of the molecule is O=C(CCCC[C@H]1CCc2ccccc2C1)C1SCN[C@@H]1C(=O)N1CCC[C@H]1CO. The van der Waals surface area contributed by atoms with Crippen LogP contribution < -0.4 is 5.32 Å². The number of thioether (sulfide) groups is 1. The van der Waals surface area contributed by atoms with Gasteiger partial charge in [-0.3, -0.25) is 14.9 Å². The van der Waals surface area contributed by atoms with Crippen LogP contribution >= 0.6 is 11.8 Å². The summed E-state index contributed by atoms with van der Waals surface area (Å²) in [6.45, 7) is 0.703. The van der Waals surface area contributed by atoms with Crippen molar-refractivity contribution in [3.63, 3.8) is 0 Å². The number of carbonyl (C=O) groups excluding carboxylic acids is 2. The molecule has 2 aliphatic heterocycles. The first kappa shape index (κ1) is 21.8. The van der Waals surface area contributed by atoms with Gasteiger partial charge in [0.1, 0.15) is 11.8 Å². The first-order valence-electron chi connectivity index (χ1n) is 11.5. The molecule has 4 rings (SSSR count). The molecule has 1 aliphatic carbocycles. The van der Waals surface area contributed by atoms with E-state index < -0.39 is 6.04 Å². The van der Waals surface area contributed by atoms with E-state index in [-0.39, 0.29) is 29.6 Å². The molecule has 2 N–H and O–H groups in total. The molecule has 0 saturated carbocycles. The average molecular weight is 431 g/mol. The number of aliphatic hydroxyl groups excluding tert-OH is 1. The summed E-state index contributed by atoms with van der Waals surface area (Å²) in [5.74, 6) is 1.58. The third-order valence-corrected chi connectivity index (χ3v) is 8.29. The largest absolute Gasteiger partial charge is 0.394 e. The highest BCUT2D eigenvalue weighted by Crippen LogP contribution is 2.30. The Kier molecular flexibility index (Phi) is 7.50. The number of hydrogen-bond acceptors (Lipinski definition) is 5. The van der Waals surface area contributed by atoms with Gasteiger partial charge in [-0.25, -0.2) is 0 Å². The van der Waals surface area contributed by atoms with Gasteiger partial charge in [0, 0.05) is 18.8 Å². The fraction of sp³-hybridized carbons (Fsp3) is 0.667. The van der Waals surface area contributed by atoms with Crippen molar-refractivity contribution < 1.29 is 14.7 Å². The predicted octanol–water partition coefficient (Wildman–Crippen LogP) is 2.94. The molecule has 2 fully saturated rings. The summed E-state index contributed by atoms with van der Waals surface area (Å²) in [6, 6.07) is 8.27. The van der Waals surface area contributed by atoms with Crippen molar-refractivity contribution in [2.45, 2.75) is 75.1 Å². The standard InChI is InChI=1S/C24H34N2O3S/c27-15-20-9-5-13-26(20)24(29)22-23(30-16-25-22)21(28)10-4-1-6-17-11-12-18-7-2-3-8-19(18)14-17/h2-3,7-8,17,20,22-23,25,27H,1,4-6,9-16H2/t17-,20-,22-,23?/m0/s1. The quantitative estimate of drug-likeness (QED) is 0.621. The Labute approximate surface area is 184 Å². The number of nitrogens with zero attached hydrogens (tertiary/aromatic N) is 1. The van der Waals surface area contributed by atoms with E-state index >= 15 is 0 Å². The first-order valence-corrected chi connectivity index (χ1v) is 12.6. The number of Topliss-reactive ketones (excluding diaryl/α,β-unsaturated/α-hetero) is 1. The van der Waals surface area contributed by atoms with Gasteiger partial charge in [-0.15, -0.1) is 11.8 Å². The minimum absolute atomic E-state index is 0.00392. The summed E-state index contributed by atoms with van der Waals surface area (Å²) >= 11 is 1.56. The van der Waals surface area contributed by atoms with Crippen LogP contribution in [0.3, 0.4) is 0 Å². The normalized spacial score (nSPS) is 28.5. The highest BCUT2D eigenvalue weighted by atomic mass is 32.2. The van der Waals surface area contributed by atoms with E-state index in [1.165, 1.54) is 36.8 Å². The van der Waals surface area contributed by atoms with E-state index in [1.807, 2.05) is 0 Å². The van der Waals surface area contributed by atoms with Crippen LogP contribution in [0.25, 0.3) is 0 Å². The number of aryl methyl sites for hydroxylation is 1. The second-order valence-electron chi connectivity index (χ2n) is 9.01. The molecule has 0 radical (unpaired) electrons. The molecule has 0 spiro atoms. The van der Waals surface area contributed by atoms with Crippen molar-refractivity contribution in [1.29, 1.82) is 0 Å². The molecular weight excluding hydrogens is 396 g/mol. The van der Waals surface area contributed by atoms with Crippen molar-refractivity contribution in [3.8, 4) is 0 Å². The zero-order valence-electron chi connectivity index (χ0n) is 17.7. The van der Waals surface area contributed by atoms with Gasteiger partial charge in [-0.2, -0.15) is 0 Å². The molecule has 2 heterocycles. The maximum absolute atomic E-state index is 13.0. The summed E-state index contributed by atoms with van der Waals surface area (Å²) in [5, 5.41) is 12.5. The van der Waals surface area contributed by atoms with Gasteiger partial charge in [0.25, 0.3) is 0 Å². The molecule has 30 heavy (non-hydrogen) atoms. The van der Waals surface area contributed by atoms with E-state index in [4.69, 9.17) is 0 Å². The van der Waals surface area contributed by atoms with Gasteiger partial charge >= 0.3 is 0 Å². The Morgan fingerprint density at radius 3 is 2.83 bits per heavy atom. The van der Waals surface area contributed by atoms with Gasteiger partial charge in [0.15, 0.2) is 0 Å². The topological polar surface area (TPSA) is 69.6 Å². The Hall–Kier alpha value is -1.37. The van der Waals surface area contributed by atoms with Gasteiger partial charge in [-0.05, 0) is 55.6 Å². The zero-order valence-corrected chi connectivity index (χ0v) is 18.5. The molecule has 0 bridgehead atoms. The number of hydrogen-bond donors (Lipinski definition) is 2. The second-order valence-corrected chi connectivity index (χ2v) is 10.1. The number of aliphatic hydroxyl groups is 1. The third-order valence-electron chi connectivity index (χ3n) is 7.06. The number of ketones is 1. The minimum Gasteiger partial charge on any atom is -0.394 e. The van der Waals surface area contributed by atoms with E-state index in [0.717, 1.165) is 31.6 Å². The van der Waals surface area contributed by atoms with Gasteiger partial charge in [-0.1, -0.05) is 37.1 Å². The van der Waals surface area contributed by atoms with Gasteiger partial charge < -0.3 is 10.0 Å². The third kappa shape index (κ3) is 4.92. The number of carbonyl (C=O) groups is 2. The summed E-state index contributed by atoms with van der Waals surface area (Å²) in [6.07, 6.45) is 9.14. The highest BCUT2D eigenvalue weighted by Gasteiger charge is 2.42. The lowest BCUT2D eigenvalue weighted by Crippen LogP contribution is -2.51. The highest BCUT2D eigenvalue weighted by molar-refractivity contribution is 8.00. The Morgan fingerprint density at radius 1 is 1.17 bits per heavy atom. The van der Waals surface area contributed by atoms with Crippen molar-refractivity contribution in [1.82, 2.24) is 10.2 Å². The maximum Gasteiger partial charge on any atom is 0.241 e. The molecule has 2 saturated heterocycles. The molecule has 1 aromatic rings. The predicted molar refractivity (Wildman–Crippen MR) is 120 cm³/mol. The molecule has 164 valence electrons. The fourth-order valence-electron chi connectivity index (χ4n) is 5.31. The molecule has 1 aromatic carbocycles. The molecule has 0 aromatic heterocycles. The van der Waals surface area contributed by atoms with Crippen LogP contribution in [0.4, 0.5) is 0 Å². The molecule has 1 amide bonds. The first-order chi connectivity index (χ1) is 14.7. The Morgan fingerprint density at radius 2 is 2.00 bits per heavy atom. The number of unbranched alkanes of at least 4 members (excludes halogenated alkanes) is 1. The lowest BCUT2D eigenvalue weighted by atomic mass is 9.81.